The van der Waals surface area contributed by atoms with Crippen molar-refractivity contribution in [2.24, 2.45) is 0 Å². The van der Waals surface area contributed by atoms with Crippen molar-refractivity contribution in [1.29, 1.82) is 0 Å². The first-order chi connectivity index (χ1) is 29.2. The molecule has 4 aromatic rings. The standard InChI is InChI=1S/C51H64O11/c1-11-46(55)59-33-40(53)32-58-42-24-16-36(17-25-42)49(6,7)37-18-26-43(27-19-37)61-48(4,5)30-39(52)31-57-41-22-14-35(15-23-41)50(8,9)38-20-28-44(29-21-38)62-51(10,13-3)45(54)34-60-47(56)12-2/h11-12,14-29,39-40,45,52-54H,1-2,13,30-34H2,3-10H3. The van der Waals surface area contributed by atoms with Crippen molar-refractivity contribution in [2.45, 2.75) is 109 Å². The molecule has 0 saturated heterocycles. The Morgan fingerprint density at radius 2 is 0.887 bits per heavy atom. The minimum Gasteiger partial charge on any atom is -0.491 e. The molecule has 4 atom stereocenters. The Labute approximate surface area is 366 Å². The molecule has 4 rings (SSSR count). The zero-order valence-corrected chi connectivity index (χ0v) is 37.4. The van der Waals surface area contributed by atoms with Crippen molar-refractivity contribution >= 4 is 11.9 Å². The van der Waals surface area contributed by atoms with Crippen molar-refractivity contribution in [1.82, 2.24) is 0 Å². The highest BCUT2D eigenvalue weighted by Gasteiger charge is 2.35. The van der Waals surface area contributed by atoms with E-state index in [0.29, 0.717) is 35.8 Å². The van der Waals surface area contributed by atoms with E-state index >= 15 is 0 Å². The molecule has 0 fully saturated rings. The second-order valence-corrected chi connectivity index (χ2v) is 17.3. The first-order valence-electron chi connectivity index (χ1n) is 20.9. The Kier molecular flexibility index (Phi) is 17.0. The average Bonchev–Trinajstić information content (AvgIpc) is 3.25. The SMILES string of the molecule is C=CC(=O)OCC(O)COc1ccc(C(C)(C)c2ccc(OC(C)(C)CC(O)COc3ccc(C(C)(C)c4ccc(OC(C)(CC)C(O)COC(=O)C=C)cc4)cc3)cc2)cc1. The smallest absolute Gasteiger partial charge is 0.330 e. The van der Waals surface area contributed by atoms with Gasteiger partial charge in [0.25, 0.3) is 0 Å². The molecule has 0 aliphatic rings. The molecule has 0 heterocycles. The number of carbonyl (C=O) groups excluding carboxylic acids is 2. The molecule has 0 radical (unpaired) electrons. The number of rotatable bonds is 24. The van der Waals surface area contributed by atoms with Crippen LogP contribution in [-0.4, -0.2) is 83.2 Å². The third kappa shape index (κ3) is 13.7. The quantitative estimate of drug-likeness (QED) is 0.0461. The molecule has 0 bridgehead atoms. The van der Waals surface area contributed by atoms with Gasteiger partial charge in [-0.1, -0.05) is 96.3 Å². The second-order valence-electron chi connectivity index (χ2n) is 17.3. The first-order valence-corrected chi connectivity index (χ1v) is 20.9. The predicted octanol–water partition coefficient (Wildman–Crippen LogP) is 8.43. The van der Waals surface area contributed by atoms with Gasteiger partial charge in [-0.15, -0.1) is 0 Å². The lowest BCUT2D eigenvalue weighted by molar-refractivity contribution is -0.146. The van der Waals surface area contributed by atoms with E-state index in [0.717, 1.165) is 34.4 Å². The molecule has 4 aromatic carbocycles. The fourth-order valence-corrected chi connectivity index (χ4v) is 6.85. The maximum Gasteiger partial charge on any atom is 0.330 e. The van der Waals surface area contributed by atoms with Crippen molar-refractivity contribution in [2.75, 3.05) is 26.4 Å². The van der Waals surface area contributed by atoms with Crippen LogP contribution in [-0.2, 0) is 29.9 Å². The molecule has 0 saturated carbocycles. The van der Waals surface area contributed by atoms with Gasteiger partial charge in [-0.25, -0.2) is 9.59 Å². The summed E-state index contributed by atoms with van der Waals surface area (Å²) >= 11 is 0. The largest absolute Gasteiger partial charge is 0.491 e. The Morgan fingerprint density at radius 3 is 1.27 bits per heavy atom. The zero-order chi connectivity index (χ0) is 45.7. The number of aliphatic hydroxyl groups excluding tert-OH is 3. The lowest BCUT2D eigenvalue weighted by Gasteiger charge is -2.34. The van der Waals surface area contributed by atoms with E-state index in [-0.39, 0.29) is 37.3 Å². The molecule has 0 aromatic heterocycles. The van der Waals surface area contributed by atoms with Crippen molar-refractivity contribution in [3.63, 3.8) is 0 Å². The monoisotopic (exact) mass is 852 g/mol. The van der Waals surface area contributed by atoms with Crippen molar-refractivity contribution in [3.8, 4) is 23.0 Å². The van der Waals surface area contributed by atoms with Crippen LogP contribution in [0.2, 0.25) is 0 Å². The molecule has 11 nitrogen and oxygen atoms in total. The van der Waals surface area contributed by atoms with Gasteiger partial charge in [0, 0.05) is 29.4 Å². The fourth-order valence-electron chi connectivity index (χ4n) is 6.85. The topological polar surface area (TPSA) is 150 Å². The second kappa shape index (κ2) is 21.4. The van der Waals surface area contributed by atoms with Gasteiger partial charge in [0.1, 0.15) is 72.8 Å². The van der Waals surface area contributed by atoms with Gasteiger partial charge in [-0.2, -0.15) is 0 Å². The number of aliphatic hydroxyl groups is 3. The Balaban J connectivity index is 1.26. The van der Waals surface area contributed by atoms with Crippen LogP contribution in [0.15, 0.2) is 122 Å². The molecule has 62 heavy (non-hydrogen) atoms. The third-order valence-electron chi connectivity index (χ3n) is 11.2. The van der Waals surface area contributed by atoms with Crippen LogP contribution in [0.5, 0.6) is 23.0 Å². The Hall–Kier alpha value is -5.62. The lowest BCUT2D eigenvalue weighted by atomic mass is 9.78. The van der Waals surface area contributed by atoms with Gasteiger partial charge in [0.2, 0.25) is 0 Å². The number of carbonyl (C=O) groups is 2. The normalized spacial score (nSPS) is 14.3. The van der Waals surface area contributed by atoms with Crippen molar-refractivity contribution in [3.05, 3.63) is 145 Å². The van der Waals surface area contributed by atoms with Crippen LogP contribution >= 0.6 is 0 Å². The third-order valence-corrected chi connectivity index (χ3v) is 11.2. The summed E-state index contributed by atoms with van der Waals surface area (Å²) in [5, 5.41) is 31.7. The van der Waals surface area contributed by atoms with Gasteiger partial charge >= 0.3 is 11.9 Å². The number of esters is 2. The molecule has 334 valence electrons. The first kappa shape index (κ1) is 49.0. The highest BCUT2D eigenvalue weighted by atomic mass is 16.6. The summed E-state index contributed by atoms with van der Waals surface area (Å²) in [4.78, 5) is 22.7. The maximum atomic E-state index is 11.5. The minimum atomic E-state index is -1.03. The summed E-state index contributed by atoms with van der Waals surface area (Å²) in [5.74, 6) is 1.31. The van der Waals surface area contributed by atoms with Crippen LogP contribution in [0.1, 0.15) is 90.5 Å². The molecule has 0 aliphatic carbocycles. The van der Waals surface area contributed by atoms with Gasteiger partial charge in [-0.3, -0.25) is 0 Å². The van der Waals surface area contributed by atoms with Crippen LogP contribution in [0.3, 0.4) is 0 Å². The van der Waals surface area contributed by atoms with E-state index < -0.39 is 41.5 Å². The van der Waals surface area contributed by atoms with Gasteiger partial charge in [0.15, 0.2) is 0 Å². The molecule has 3 N–H and O–H groups in total. The summed E-state index contributed by atoms with van der Waals surface area (Å²) in [7, 11) is 0. The van der Waals surface area contributed by atoms with E-state index in [9.17, 15) is 24.9 Å². The zero-order valence-electron chi connectivity index (χ0n) is 37.4. The number of hydrogen-bond donors (Lipinski definition) is 3. The summed E-state index contributed by atoms with van der Waals surface area (Å²) in [5.41, 5.74) is 1.97. The molecule has 4 unspecified atom stereocenters. The maximum absolute atomic E-state index is 11.5. The van der Waals surface area contributed by atoms with Crippen LogP contribution in [0, 0.1) is 0 Å². The molecule has 0 amide bonds. The molecule has 11 heteroatoms. The predicted molar refractivity (Wildman–Crippen MR) is 240 cm³/mol. The van der Waals surface area contributed by atoms with E-state index in [1.54, 1.807) is 6.92 Å². The lowest BCUT2D eigenvalue weighted by Crippen LogP contribution is -2.47. The van der Waals surface area contributed by atoms with Gasteiger partial charge < -0.3 is 43.7 Å². The van der Waals surface area contributed by atoms with E-state index in [1.807, 2.05) is 118 Å². The summed E-state index contributed by atoms with van der Waals surface area (Å²) in [6.45, 7) is 22.5. The number of hydrogen-bond acceptors (Lipinski definition) is 11. The van der Waals surface area contributed by atoms with Gasteiger partial charge in [0.05, 0.1) is 6.10 Å². The van der Waals surface area contributed by atoms with E-state index in [4.69, 9.17) is 28.4 Å². The number of ether oxygens (including phenoxy) is 6. The molecule has 0 spiro atoms. The van der Waals surface area contributed by atoms with E-state index in [1.165, 1.54) is 0 Å². The van der Waals surface area contributed by atoms with Crippen molar-refractivity contribution < 1.29 is 53.3 Å². The summed E-state index contributed by atoms with van der Waals surface area (Å²) in [6.07, 6.45) is 0.170. The fraction of sp³-hybridized carbons (Fsp3) is 0.412. The summed E-state index contributed by atoms with van der Waals surface area (Å²) in [6, 6.07) is 31.2. The van der Waals surface area contributed by atoms with Crippen LogP contribution < -0.4 is 18.9 Å². The van der Waals surface area contributed by atoms with Gasteiger partial charge in [-0.05, 0) is 98.0 Å². The molecule has 0 aliphatic heterocycles. The Bertz CT molecular complexity index is 2050. The molecular weight excluding hydrogens is 789 g/mol. The van der Waals surface area contributed by atoms with E-state index in [2.05, 4.69) is 40.9 Å². The van der Waals surface area contributed by atoms with Crippen LogP contribution in [0.4, 0.5) is 0 Å². The average molecular weight is 853 g/mol. The molecular formula is C51H64O11. The highest BCUT2D eigenvalue weighted by Crippen LogP contribution is 2.36. The highest BCUT2D eigenvalue weighted by molar-refractivity contribution is 5.81. The minimum absolute atomic E-state index is 0.0199. The Morgan fingerprint density at radius 1 is 0.532 bits per heavy atom. The summed E-state index contributed by atoms with van der Waals surface area (Å²) < 4.78 is 34.1. The number of benzene rings is 4. The van der Waals surface area contributed by atoms with Crippen LogP contribution in [0.25, 0.3) is 0 Å².